The van der Waals surface area contributed by atoms with Crippen LogP contribution in [0, 0.1) is 0 Å². The second kappa shape index (κ2) is 5.69. The Labute approximate surface area is 112 Å². The van der Waals surface area contributed by atoms with Gasteiger partial charge in [0.05, 0.1) is 7.11 Å². The highest BCUT2D eigenvalue weighted by molar-refractivity contribution is 5.89. The summed E-state index contributed by atoms with van der Waals surface area (Å²) >= 11 is 0. The Balaban J connectivity index is 2.39. The molecule has 100 valence electrons. The van der Waals surface area contributed by atoms with Gasteiger partial charge in [0.2, 0.25) is 0 Å². The lowest BCUT2D eigenvalue weighted by Gasteiger charge is -1.99. The van der Waals surface area contributed by atoms with E-state index in [0.717, 1.165) is 17.7 Å². The maximum atomic E-state index is 11.6. The minimum atomic E-state index is -0.399. The first-order valence-corrected chi connectivity index (χ1v) is 6.46. The number of aromatic nitrogens is 2. The van der Waals surface area contributed by atoms with Gasteiger partial charge in [-0.15, -0.1) is 0 Å². The van der Waals surface area contributed by atoms with Crippen LogP contribution in [0.15, 0.2) is 24.3 Å². The fourth-order valence-electron chi connectivity index (χ4n) is 1.97. The summed E-state index contributed by atoms with van der Waals surface area (Å²) in [7, 11) is 1.37. The Bertz CT molecular complexity index is 570. The summed E-state index contributed by atoms with van der Waals surface area (Å²) < 4.78 is 4.74. The monoisotopic (exact) mass is 258 g/mol. The third-order valence-electron chi connectivity index (χ3n) is 3.15. The number of imidazole rings is 1. The molecule has 0 radical (unpaired) electrons. The van der Waals surface area contributed by atoms with Gasteiger partial charge in [0.1, 0.15) is 5.82 Å². The highest BCUT2D eigenvalue weighted by atomic mass is 16.5. The number of carbonyl (C=O) groups excluding carboxylic acids is 1. The van der Waals surface area contributed by atoms with Crippen molar-refractivity contribution in [1.29, 1.82) is 0 Å². The second-order valence-corrected chi connectivity index (χ2v) is 4.31. The molecule has 4 heteroatoms. The fourth-order valence-corrected chi connectivity index (χ4v) is 1.97. The molecule has 2 aromatic rings. The zero-order chi connectivity index (χ0) is 13.8. The van der Waals surface area contributed by atoms with Gasteiger partial charge in [-0.25, -0.2) is 9.78 Å². The third kappa shape index (κ3) is 2.67. The molecule has 0 aliphatic rings. The van der Waals surface area contributed by atoms with Crippen LogP contribution in [0.4, 0.5) is 0 Å². The van der Waals surface area contributed by atoms with Gasteiger partial charge in [-0.1, -0.05) is 38.1 Å². The topological polar surface area (TPSA) is 55.0 Å². The molecule has 0 spiro atoms. The van der Waals surface area contributed by atoms with Crippen molar-refractivity contribution in [2.45, 2.75) is 26.7 Å². The van der Waals surface area contributed by atoms with E-state index in [0.29, 0.717) is 17.9 Å². The van der Waals surface area contributed by atoms with E-state index in [-0.39, 0.29) is 0 Å². The predicted octanol–water partition coefficient (Wildman–Crippen LogP) is 2.99. The smallest absolute Gasteiger partial charge is 0.358 e. The molecular formula is C15H18N2O2. The maximum absolute atomic E-state index is 11.6. The average molecular weight is 258 g/mol. The Morgan fingerprint density at radius 3 is 2.42 bits per heavy atom. The van der Waals surface area contributed by atoms with Crippen LogP contribution in [0.3, 0.4) is 0 Å². The van der Waals surface area contributed by atoms with Gasteiger partial charge < -0.3 is 9.72 Å². The number of aromatic amines is 1. The van der Waals surface area contributed by atoms with Gasteiger partial charge in [-0.05, 0) is 18.4 Å². The summed E-state index contributed by atoms with van der Waals surface area (Å²) in [5.74, 6) is 0.310. The minimum absolute atomic E-state index is 0.375. The van der Waals surface area contributed by atoms with Crippen LogP contribution < -0.4 is 0 Å². The van der Waals surface area contributed by atoms with Crippen molar-refractivity contribution < 1.29 is 9.53 Å². The molecule has 0 fully saturated rings. The van der Waals surface area contributed by atoms with Crippen LogP contribution in [0.2, 0.25) is 0 Å². The summed E-state index contributed by atoms with van der Waals surface area (Å²) in [6.45, 7) is 4.09. The normalized spacial score (nSPS) is 10.5. The molecule has 0 aliphatic carbocycles. The van der Waals surface area contributed by atoms with Gasteiger partial charge in [0.15, 0.2) is 5.69 Å². The number of nitrogens with one attached hydrogen (secondary N) is 1. The Hall–Kier alpha value is -2.10. The largest absolute Gasteiger partial charge is 0.464 e. The summed E-state index contributed by atoms with van der Waals surface area (Å²) in [6.07, 6.45) is 1.72. The highest BCUT2D eigenvalue weighted by Gasteiger charge is 2.17. The first-order chi connectivity index (χ1) is 9.19. The van der Waals surface area contributed by atoms with E-state index < -0.39 is 5.97 Å². The number of H-pyrrole nitrogens is 1. The van der Waals surface area contributed by atoms with Gasteiger partial charge in [0.25, 0.3) is 0 Å². The zero-order valence-corrected chi connectivity index (χ0v) is 11.5. The SMILES string of the molecule is CCc1ccc(-c2nc(C(=O)OC)c(CC)[nH]2)cc1. The van der Waals surface area contributed by atoms with Crippen molar-refractivity contribution in [3.8, 4) is 11.4 Å². The van der Waals surface area contributed by atoms with E-state index in [4.69, 9.17) is 4.74 Å². The van der Waals surface area contributed by atoms with Crippen molar-refractivity contribution >= 4 is 5.97 Å². The van der Waals surface area contributed by atoms with Crippen LogP contribution in [0.25, 0.3) is 11.4 Å². The first-order valence-electron chi connectivity index (χ1n) is 6.46. The molecule has 0 unspecified atom stereocenters. The minimum Gasteiger partial charge on any atom is -0.464 e. The van der Waals surface area contributed by atoms with Crippen molar-refractivity contribution in [1.82, 2.24) is 9.97 Å². The molecule has 0 aliphatic heterocycles. The standard InChI is InChI=1S/C15H18N2O2/c1-4-10-6-8-11(9-7-10)14-16-12(5-2)13(17-14)15(18)19-3/h6-9H,4-5H2,1-3H3,(H,16,17). The maximum Gasteiger partial charge on any atom is 0.358 e. The van der Waals surface area contributed by atoms with E-state index in [2.05, 4.69) is 29.0 Å². The second-order valence-electron chi connectivity index (χ2n) is 4.31. The number of nitrogens with zero attached hydrogens (tertiary/aromatic N) is 1. The number of hydrogen-bond donors (Lipinski definition) is 1. The lowest BCUT2D eigenvalue weighted by molar-refractivity contribution is 0.0593. The number of aryl methyl sites for hydroxylation is 2. The Morgan fingerprint density at radius 1 is 1.21 bits per heavy atom. The van der Waals surface area contributed by atoms with Crippen molar-refractivity contribution in [3.05, 3.63) is 41.2 Å². The molecule has 0 bridgehead atoms. The van der Waals surface area contributed by atoms with Gasteiger partial charge >= 0.3 is 5.97 Å². The van der Waals surface area contributed by atoms with E-state index >= 15 is 0 Å². The number of esters is 1. The van der Waals surface area contributed by atoms with E-state index in [1.165, 1.54) is 12.7 Å². The van der Waals surface area contributed by atoms with Crippen LogP contribution in [0.1, 0.15) is 35.6 Å². The summed E-state index contributed by atoms with van der Waals surface area (Å²) in [5.41, 5.74) is 3.43. The molecule has 0 amide bonds. The van der Waals surface area contributed by atoms with E-state index in [1.807, 2.05) is 19.1 Å². The van der Waals surface area contributed by atoms with Crippen LogP contribution >= 0.6 is 0 Å². The lowest BCUT2D eigenvalue weighted by atomic mass is 10.1. The highest BCUT2D eigenvalue weighted by Crippen LogP contribution is 2.20. The molecule has 0 atom stereocenters. The fraction of sp³-hybridized carbons (Fsp3) is 0.333. The molecule has 0 saturated carbocycles. The van der Waals surface area contributed by atoms with Crippen LogP contribution in [-0.4, -0.2) is 23.0 Å². The van der Waals surface area contributed by atoms with Crippen molar-refractivity contribution in [2.75, 3.05) is 7.11 Å². The molecule has 1 heterocycles. The molecule has 2 rings (SSSR count). The predicted molar refractivity (Wildman–Crippen MR) is 74.1 cm³/mol. The molecule has 0 saturated heterocycles. The molecule has 19 heavy (non-hydrogen) atoms. The summed E-state index contributed by atoms with van der Waals surface area (Å²) in [4.78, 5) is 19.2. The summed E-state index contributed by atoms with van der Waals surface area (Å²) in [5, 5.41) is 0. The zero-order valence-electron chi connectivity index (χ0n) is 11.5. The van der Waals surface area contributed by atoms with E-state index in [9.17, 15) is 4.79 Å². The molecule has 4 nitrogen and oxygen atoms in total. The van der Waals surface area contributed by atoms with Crippen molar-refractivity contribution in [2.24, 2.45) is 0 Å². The molecule has 1 aromatic carbocycles. The van der Waals surface area contributed by atoms with Gasteiger partial charge in [-0.2, -0.15) is 0 Å². The lowest BCUT2D eigenvalue weighted by Crippen LogP contribution is -2.04. The quantitative estimate of drug-likeness (QED) is 0.858. The molecule has 1 N–H and O–H groups in total. The number of benzene rings is 1. The third-order valence-corrected chi connectivity index (χ3v) is 3.15. The van der Waals surface area contributed by atoms with E-state index in [1.54, 1.807) is 0 Å². The molecule has 1 aromatic heterocycles. The van der Waals surface area contributed by atoms with Crippen LogP contribution in [0.5, 0.6) is 0 Å². The number of hydrogen-bond acceptors (Lipinski definition) is 3. The van der Waals surface area contributed by atoms with Crippen LogP contribution in [-0.2, 0) is 17.6 Å². The number of methoxy groups -OCH3 is 1. The average Bonchev–Trinajstić information content (AvgIpc) is 2.90. The van der Waals surface area contributed by atoms with Gasteiger partial charge in [0, 0.05) is 11.3 Å². The van der Waals surface area contributed by atoms with Gasteiger partial charge in [-0.3, -0.25) is 0 Å². The number of carbonyl (C=O) groups is 1. The number of rotatable bonds is 4. The Kier molecular flexibility index (Phi) is 4.00. The Morgan fingerprint density at radius 2 is 1.89 bits per heavy atom. The number of ether oxygens (including phenoxy) is 1. The van der Waals surface area contributed by atoms with Crippen molar-refractivity contribution in [3.63, 3.8) is 0 Å². The first kappa shape index (κ1) is 13.3. The molecular weight excluding hydrogens is 240 g/mol. The summed E-state index contributed by atoms with van der Waals surface area (Å²) in [6, 6.07) is 8.17.